The minimum absolute atomic E-state index is 0.447. The van der Waals surface area contributed by atoms with E-state index in [9.17, 15) is 4.79 Å². The van der Waals surface area contributed by atoms with Crippen LogP contribution in [0.25, 0.3) is 16.9 Å². The Morgan fingerprint density at radius 3 is 2.68 bits per heavy atom. The smallest absolute Gasteiger partial charge is 0.265 e. The second kappa shape index (κ2) is 5.90. The summed E-state index contributed by atoms with van der Waals surface area (Å²) < 4.78 is 3.67. The van der Waals surface area contributed by atoms with E-state index < -0.39 is 5.91 Å². The molecule has 124 valence electrons. The van der Waals surface area contributed by atoms with Crippen LogP contribution in [0, 0.1) is 0 Å². The van der Waals surface area contributed by atoms with Crippen molar-refractivity contribution in [2.24, 2.45) is 12.8 Å². The van der Waals surface area contributed by atoms with Crippen molar-refractivity contribution in [3.8, 4) is 5.69 Å². The van der Waals surface area contributed by atoms with Crippen LogP contribution in [0.3, 0.4) is 0 Å². The summed E-state index contributed by atoms with van der Waals surface area (Å²) in [6.45, 7) is 0. The third-order valence-electron chi connectivity index (χ3n) is 4.29. The molecule has 0 bridgehead atoms. The summed E-state index contributed by atoms with van der Waals surface area (Å²) in [7, 11) is 1.82. The van der Waals surface area contributed by atoms with Gasteiger partial charge in [-0.15, -0.1) is 0 Å². The number of pyridine rings is 1. The third-order valence-corrected chi connectivity index (χ3v) is 4.29. The molecule has 0 saturated heterocycles. The zero-order chi connectivity index (χ0) is 17.4. The first kappa shape index (κ1) is 15.1. The molecule has 0 spiro atoms. The Balaban J connectivity index is 1.93. The van der Waals surface area contributed by atoms with Crippen LogP contribution in [-0.4, -0.2) is 25.0 Å². The Morgan fingerprint density at radius 1 is 1.12 bits per heavy atom. The average molecular weight is 331 g/mol. The summed E-state index contributed by atoms with van der Waals surface area (Å²) in [6.07, 6.45) is 5.96. The van der Waals surface area contributed by atoms with E-state index in [0.717, 1.165) is 28.0 Å². The lowest BCUT2D eigenvalue weighted by atomic mass is 10.0. The maximum Gasteiger partial charge on any atom is 0.265 e. The van der Waals surface area contributed by atoms with Gasteiger partial charge in [-0.25, -0.2) is 9.97 Å². The topological polar surface area (TPSA) is 78.7 Å². The molecule has 0 saturated carbocycles. The average Bonchev–Trinajstić information content (AvgIpc) is 3.16. The van der Waals surface area contributed by atoms with E-state index in [4.69, 9.17) is 5.73 Å². The van der Waals surface area contributed by atoms with E-state index in [1.165, 1.54) is 0 Å². The van der Waals surface area contributed by atoms with E-state index in [1.807, 2.05) is 60.3 Å². The Morgan fingerprint density at radius 2 is 1.92 bits per heavy atom. The first-order valence-electron chi connectivity index (χ1n) is 7.95. The molecule has 0 radical (unpaired) electrons. The standard InChI is InChI=1S/C19H17N5O/c1-23-11-16(24-12-22-15-8-5-9-21-19(15)24)14(17(23)18(20)25)10-13-6-3-2-4-7-13/h2-9,11-12H,10H2,1H3,(H2,20,25). The molecule has 1 amide bonds. The van der Waals surface area contributed by atoms with Crippen LogP contribution in [0.1, 0.15) is 21.6 Å². The fraction of sp³-hybridized carbons (Fsp3) is 0.105. The van der Waals surface area contributed by atoms with Crippen LogP contribution in [0.2, 0.25) is 0 Å². The number of rotatable bonds is 4. The van der Waals surface area contributed by atoms with Gasteiger partial charge in [-0.05, 0) is 17.7 Å². The van der Waals surface area contributed by atoms with Gasteiger partial charge in [-0.3, -0.25) is 9.36 Å². The molecule has 0 unspecified atom stereocenters. The highest BCUT2D eigenvalue weighted by atomic mass is 16.1. The second-order valence-corrected chi connectivity index (χ2v) is 5.94. The van der Waals surface area contributed by atoms with Gasteiger partial charge in [-0.1, -0.05) is 30.3 Å². The molecule has 0 aliphatic carbocycles. The number of nitrogens with two attached hydrogens (primary N) is 1. The van der Waals surface area contributed by atoms with Crippen molar-refractivity contribution in [1.29, 1.82) is 0 Å². The van der Waals surface area contributed by atoms with Crippen molar-refractivity contribution in [2.75, 3.05) is 0 Å². The highest BCUT2D eigenvalue weighted by Crippen LogP contribution is 2.26. The molecule has 4 aromatic rings. The maximum absolute atomic E-state index is 12.0. The van der Waals surface area contributed by atoms with Crippen molar-refractivity contribution in [3.63, 3.8) is 0 Å². The number of benzene rings is 1. The minimum Gasteiger partial charge on any atom is -0.364 e. The molecule has 3 aromatic heterocycles. The molecule has 6 heteroatoms. The third kappa shape index (κ3) is 2.57. The predicted octanol–water partition coefficient (Wildman–Crippen LogP) is 2.45. The first-order valence-corrected chi connectivity index (χ1v) is 7.95. The monoisotopic (exact) mass is 331 g/mol. The molecule has 6 nitrogen and oxygen atoms in total. The zero-order valence-electron chi connectivity index (χ0n) is 13.8. The summed E-state index contributed by atoms with van der Waals surface area (Å²) >= 11 is 0. The molecular formula is C19H17N5O. The highest BCUT2D eigenvalue weighted by molar-refractivity contribution is 5.94. The predicted molar refractivity (Wildman–Crippen MR) is 95.6 cm³/mol. The minimum atomic E-state index is -0.447. The number of hydrogen-bond donors (Lipinski definition) is 1. The van der Waals surface area contributed by atoms with E-state index in [0.29, 0.717) is 12.1 Å². The van der Waals surface area contributed by atoms with Gasteiger partial charge in [0.05, 0.1) is 5.69 Å². The van der Waals surface area contributed by atoms with Crippen LogP contribution in [-0.2, 0) is 13.5 Å². The molecule has 0 fully saturated rings. The van der Waals surface area contributed by atoms with Gasteiger partial charge in [0, 0.05) is 31.4 Å². The summed E-state index contributed by atoms with van der Waals surface area (Å²) in [5, 5.41) is 0. The zero-order valence-corrected chi connectivity index (χ0v) is 13.8. The van der Waals surface area contributed by atoms with Crippen molar-refractivity contribution < 1.29 is 4.79 Å². The second-order valence-electron chi connectivity index (χ2n) is 5.94. The van der Waals surface area contributed by atoms with Gasteiger partial charge >= 0.3 is 0 Å². The number of carbonyl (C=O) groups is 1. The summed E-state index contributed by atoms with van der Waals surface area (Å²) in [4.78, 5) is 20.9. The molecule has 2 N–H and O–H groups in total. The molecule has 3 heterocycles. The number of primary amides is 1. The fourth-order valence-corrected chi connectivity index (χ4v) is 3.19. The van der Waals surface area contributed by atoms with Gasteiger partial charge in [0.1, 0.15) is 17.5 Å². The molecule has 0 aliphatic rings. The number of amides is 1. The van der Waals surface area contributed by atoms with Crippen LogP contribution in [0.4, 0.5) is 0 Å². The van der Waals surface area contributed by atoms with Crippen molar-refractivity contribution >= 4 is 17.1 Å². The van der Waals surface area contributed by atoms with Gasteiger partial charge in [0.25, 0.3) is 5.91 Å². The van der Waals surface area contributed by atoms with Crippen LogP contribution < -0.4 is 5.73 Å². The van der Waals surface area contributed by atoms with Crippen LogP contribution >= 0.6 is 0 Å². The van der Waals surface area contributed by atoms with Gasteiger partial charge < -0.3 is 10.3 Å². The van der Waals surface area contributed by atoms with Gasteiger partial charge in [0.2, 0.25) is 0 Å². The molecule has 25 heavy (non-hydrogen) atoms. The van der Waals surface area contributed by atoms with Crippen molar-refractivity contribution in [2.45, 2.75) is 6.42 Å². The molecular weight excluding hydrogens is 314 g/mol. The van der Waals surface area contributed by atoms with E-state index >= 15 is 0 Å². The Labute approximate surface area is 144 Å². The van der Waals surface area contributed by atoms with Gasteiger partial charge in [-0.2, -0.15) is 0 Å². The number of nitrogens with zero attached hydrogens (tertiary/aromatic N) is 4. The van der Waals surface area contributed by atoms with Crippen LogP contribution in [0.15, 0.2) is 61.2 Å². The number of carbonyl (C=O) groups excluding carboxylic acids is 1. The summed E-state index contributed by atoms with van der Waals surface area (Å²) in [6, 6.07) is 13.8. The number of aryl methyl sites for hydroxylation is 1. The largest absolute Gasteiger partial charge is 0.364 e. The molecule has 0 aliphatic heterocycles. The van der Waals surface area contributed by atoms with E-state index in [-0.39, 0.29) is 0 Å². The lowest BCUT2D eigenvalue weighted by Gasteiger charge is -2.08. The van der Waals surface area contributed by atoms with Crippen molar-refractivity contribution in [1.82, 2.24) is 19.1 Å². The molecule has 0 atom stereocenters. The fourth-order valence-electron chi connectivity index (χ4n) is 3.19. The van der Waals surface area contributed by atoms with E-state index in [1.54, 1.807) is 17.1 Å². The number of aromatic nitrogens is 4. The first-order chi connectivity index (χ1) is 12.1. The summed E-state index contributed by atoms with van der Waals surface area (Å²) in [5.41, 5.74) is 10.5. The maximum atomic E-state index is 12.0. The van der Waals surface area contributed by atoms with E-state index in [2.05, 4.69) is 9.97 Å². The molecule has 1 aromatic carbocycles. The Bertz CT molecular complexity index is 1060. The number of imidazole rings is 1. The number of hydrogen-bond acceptors (Lipinski definition) is 3. The molecule has 4 rings (SSSR count). The highest BCUT2D eigenvalue weighted by Gasteiger charge is 2.21. The SMILES string of the molecule is Cn1cc(-n2cnc3cccnc32)c(Cc2ccccc2)c1C(N)=O. The lowest BCUT2D eigenvalue weighted by Crippen LogP contribution is -2.17. The Hall–Kier alpha value is -3.41. The normalized spacial score (nSPS) is 11.1. The Kier molecular flexibility index (Phi) is 3.57. The van der Waals surface area contributed by atoms with Crippen molar-refractivity contribution in [3.05, 3.63) is 78.0 Å². The summed E-state index contributed by atoms with van der Waals surface area (Å²) in [5.74, 6) is -0.447. The number of fused-ring (bicyclic) bond motifs is 1. The quantitative estimate of drug-likeness (QED) is 0.624. The van der Waals surface area contributed by atoms with Gasteiger partial charge in [0.15, 0.2) is 5.65 Å². The van der Waals surface area contributed by atoms with Crippen LogP contribution in [0.5, 0.6) is 0 Å². The lowest BCUT2D eigenvalue weighted by molar-refractivity contribution is 0.0992.